The Morgan fingerprint density at radius 2 is 1.55 bits per heavy atom. The van der Waals surface area contributed by atoms with E-state index >= 15 is 0 Å². The maximum Gasteiger partial charge on any atom is 0.251 e. The number of hydrogen-bond donors (Lipinski definition) is 1. The summed E-state index contributed by atoms with van der Waals surface area (Å²) in [7, 11) is 1.72. The number of hydrogen-bond acceptors (Lipinski definition) is 4. The number of rotatable bonds is 9. The van der Waals surface area contributed by atoms with Gasteiger partial charge in [0.25, 0.3) is 5.91 Å². The summed E-state index contributed by atoms with van der Waals surface area (Å²) in [6, 6.07) is 26.8. The van der Waals surface area contributed by atoms with Gasteiger partial charge in [-0.25, -0.2) is 0 Å². The van der Waals surface area contributed by atoms with E-state index in [0.717, 1.165) is 72.6 Å². The lowest BCUT2D eigenvalue weighted by Crippen LogP contribution is -2.32. The lowest BCUT2D eigenvalue weighted by Gasteiger charge is -2.29. The number of amides is 1. The van der Waals surface area contributed by atoms with Gasteiger partial charge in [-0.05, 0) is 90.9 Å². The second-order valence-electron chi connectivity index (χ2n) is 9.97. The smallest absolute Gasteiger partial charge is 0.251 e. The number of aryl methyl sites for hydroxylation is 1. The molecule has 1 aliphatic rings. The van der Waals surface area contributed by atoms with Crippen LogP contribution in [0.4, 0.5) is 0 Å². The second-order valence-corrected chi connectivity index (χ2v) is 9.97. The number of methoxy groups -OCH3 is 1. The molecule has 38 heavy (non-hydrogen) atoms. The first kappa shape index (κ1) is 25.7. The molecule has 1 N–H and O–H groups in total. The Labute approximate surface area is 225 Å². The summed E-state index contributed by atoms with van der Waals surface area (Å²) in [5.74, 6) is 0.910. The molecule has 0 spiro atoms. The van der Waals surface area contributed by atoms with E-state index < -0.39 is 0 Å². The third kappa shape index (κ3) is 6.29. The Hall–Kier alpha value is -3.96. The van der Waals surface area contributed by atoms with Gasteiger partial charge in [0.15, 0.2) is 0 Å². The number of unbranched alkanes of at least 4 members (excludes halogenated alkanes) is 1. The van der Waals surface area contributed by atoms with Crippen LogP contribution < -0.4 is 10.1 Å². The van der Waals surface area contributed by atoms with E-state index in [1.165, 1.54) is 11.1 Å². The zero-order valence-electron chi connectivity index (χ0n) is 22.2. The van der Waals surface area contributed by atoms with E-state index in [2.05, 4.69) is 57.7 Å². The minimum atomic E-state index is -0.0160. The molecule has 0 bridgehead atoms. The topological polar surface area (TPSA) is 54.5 Å². The Morgan fingerprint density at radius 3 is 2.24 bits per heavy atom. The highest BCUT2D eigenvalue weighted by Crippen LogP contribution is 2.26. The standard InChI is InChI=1S/C33H35N3O2/c1-24-5-6-30(22-35-24)27-9-7-25(8-10-27)26-11-13-29(14-12-26)33(37)34-18-3-4-19-36-20-17-28-15-16-32(38-2)21-31(28)23-36/h5-16,21-22H,3-4,17-20,23H2,1-2H3,(H,34,37). The van der Waals surface area contributed by atoms with E-state index in [4.69, 9.17) is 4.74 Å². The van der Waals surface area contributed by atoms with Crippen LogP contribution in [0.2, 0.25) is 0 Å². The Balaban J connectivity index is 1.06. The summed E-state index contributed by atoms with van der Waals surface area (Å²) in [4.78, 5) is 19.5. The Bertz CT molecular complexity index is 1360. The molecule has 0 radical (unpaired) electrons. The van der Waals surface area contributed by atoms with Crippen molar-refractivity contribution in [1.29, 1.82) is 0 Å². The first-order chi connectivity index (χ1) is 18.6. The van der Waals surface area contributed by atoms with Crippen molar-refractivity contribution in [3.8, 4) is 28.0 Å². The van der Waals surface area contributed by atoms with Crippen molar-refractivity contribution < 1.29 is 9.53 Å². The van der Waals surface area contributed by atoms with Gasteiger partial charge in [0.2, 0.25) is 0 Å². The Morgan fingerprint density at radius 1 is 0.868 bits per heavy atom. The quantitative estimate of drug-likeness (QED) is 0.271. The zero-order chi connectivity index (χ0) is 26.3. The number of nitrogens with zero attached hydrogens (tertiary/aromatic N) is 2. The summed E-state index contributed by atoms with van der Waals surface area (Å²) < 4.78 is 5.38. The van der Waals surface area contributed by atoms with Gasteiger partial charge in [0.1, 0.15) is 5.75 Å². The van der Waals surface area contributed by atoms with E-state index in [9.17, 15) is 4.79 Å². The maximum atomic E-state index is 12.6. The zero-order valence-corrected chi connectivity index (χ0v) is 22.2. The number of ether oxygens (including phenoxy) is 1. The monoisotopic (exact) mass is 505 g/mol. The summed E-state index contributed by atoms with van der Waals surface area (Å²) in [6.45, 7) is 5.78. The average Bonchev–Trinajstić information content (AvgIpc) is 2.97. The van der Waals surface area contributed by atoms with Crippen molar-refractivity contribution in [3.05, 3.63) is 107 Å². The van der Waals surface area contributed by atoms with Crippen molar-refractivity contribution in [3.63, 3.8) is 0 Å². The van der Waals surface area contributed by atoms with E-state index in [-0.39, 0.29) is 5.91 Å². The van der Waals surface area contributed by atoms with Crippen molar-refractivity contribution in [1.82, 2.24) is 15.2 Å². The van der Waals surface area contributed by atoms with Crippen LogP contribution in [0.15, 0.2) is 85.1 Å². The first-order valence-corrected chi connectivity index (χ1v) is 13.4. The number of carbonyl (C=O) groups is 1. The number of nitrogens with one attached hydrogen (secondary N) is 1. The summed E-state index contributed by atoms with van der Waals surface area (Å²) in [5, 5.41) is 3.08. The van der Waals surface area contributed by atoms with Crippen LogP contribution in [0.1, 0.15) is 40.0 Å². The SMILES string of the molecule is COc1ccc2c(c1)CN(CCCCNC(=O)c1ccc(-c3ccc(-c4ccc(C)nc4)cc3)cc1)CC2. The number of pyridine rings is 1. The lowest BCUT2D eigenvalue weighted by atomic mass is 9.99. The predicted molar refractivity (Wildman–Crippen MR) is 153 cm³/mol. The third-order valence-electron chi connectivity index (χ3n) is 7.30. The van der Waals surface area contributed by atoms with Crippen molar-refractivity contribution in [2.24, 2.45) is 0 Å². The summed E-state index contributed by atoms with van der Waals surface area (Å²) in [5.41, 5.74) is 8.97. The van der Waals surface area contributed by atoms with Gasteiger partial charge in [-0.15, -0.1) is 0 Å². The normalized spacial score (nSPS) is 13.1. The molecule has 5 heteroatoms. The van der Waals surface area contributed by atoms with Gasteiger partial charge in [0.05, 0.1) is 7.11 Å². The van der Waals surface area contributed by atoms with E-state index in [1.54, 1.807) is 7.11 Å². The maximum absolute atomic E-state index is 12.6. The number of benzene rings is 3. The molecule has 5 rings (SSSR count). The van der Waals surface area contributed by atoms with Gasteiger partial charge in [-0.2, -0.15) is 0 Å². The van der Waals surface area contributed by atoms with Crippen LogP contribution in [-0.2, 0) is 13.0 Å². The molecule has 0 saturated carbocycles. The Kier molecular flexibility index (Phi) is 8.15. The van der Waals surface area contributed by atoms with E-state index in [0.29, 0.717) is 12.1 Å². The van der Waals surface area contributed by atoms with Gasteiger partial charge in [-0.1, -0.05) is 48.5 Å². The highest BCUT2D eigenvalue weighted by molar-refractivity contribution is 5.94. The fourth-order valence-electron chi connectivity index (χ4n) is 4.98. The molecule has 3 aromatic carbocycles. The molecule has 5 nitrogen and oxygen atoms in total. The van der Waals surface area contributed by atoms with Crippen LogP contribution >= 0.6 is 0 Å². The van der Waals surface area contributed by atoms with Gasteiger partial charge < -0.3 is 10.1 Å². The molecule has 0 aliphatic carbocycles. The van der Waals surface area contributed by atoms with Crippen molar-refractivity contribution in [2.45, 2.75) is 32.7 Å². The van der Waals surface area contributed by atoms with Gasteiger partial charge in [-0.3, -0.25) is 14.7 Å². The molecule has 0 atom stereocenters. The first-order valence-electron chi connectivity index (χ1n) is 13.4. The van der Waals surface area contributed by atoms with Crippen LogP contribution in [0.25, 0.3) is 22.3 Å². The molecule has 2 heterocycles. The third-order valence-corrected chi connectivity index (χ3v) is 7.30. The molecule has 0 fully saturated rings. The second kappa shape index (κ2) is 12.1. The van der Waals surface area contributed by atoms with Crippen LogP contribution in [0.3, 0.4) is 0 Å². The molecular formula is C33H35N3O2. The molecule has 4 aromatic rings. The van der Waals surface area contributed by atoms with Crippen molar-refractivity contribution in [2.75, 3.05) is 26.7 Å². The molecule has 194 valence electrons. The molecule has 0 saturated heterocycles. The molecule has 1 aromatic heterocycles. The number of fused-ring (bicyclic) bond motifs is 1. The van der Waals surface area contributed by atoms with E-state index in [1.807, 2.05) is 49.5 Å². The predicted octanol–water partition coefficient (Wildman–Crippen LogP) is 6.30. The fraction of sp³-hybridized carbons (Fsp3) is 0.273. The van der Waals surface area contributed by atoms with Crippen LogP contribution in [0, 0.1) is 6.92 Å². The minimum absolute atomic E-state index is 0.0160. The van der Waals surface area contributed by atoms with Crippen LogP contribution in [-0.4, -0.2) is 42.5 Å². The summed E-state index contributed by atoms with van der Waals surface area (Å²) in [6.07, 6.45) is 5.02. The molecule has 1 aliphatic heterocycles. The van der Waals surface area contributed by atoms with Crippen LogP contribution in [0.5, 0.6) is 5.75 Å². The minimum Gasteiger partial charge on any atom is -0.497 e. The van der Waals surface area contributed by atoms with Gasteiger partial charge in [0, 0.05) is 42.7 Å². The lowest BCUT2D eigenvalue weighted by molar-refractivity contribution is 0.0952. The molecular weight excluding hydrogens is 470 g/mol. The summed E-state index contributed by atoms with van der Waals surface area (Å²) >= 11 is 0. The molecule has 1 amide bonds. The van der Waals surface area contributed by atoms with Gasteiger partial charge >= 0.3 is 0 Å². The number of carbonyl (C=O) groups excluding carboxylic acids is 1. The average molecular weight is 506 g/mol. The largest absolute Gasteiger partial charge is 0.497 e. The van der Waals surface area contributed by atoms with Crippen molar-refractivity contribution >= 4 is 5.91 Å². The fourth-order valence-corrected chi connectivity index (χ4v) is 4.98. The highest BCUT2D eigenvalue weighted by Gasteiger charge is 2.16. The number of aromatic nitrogens is 1. The highest BCUT2D eigenvalue weighted by atomic mass is 16.5. The molecule has 0 unspecified atom stereocenters.